The SMILES string of the molecule is COc1cc(O)c(C(=O)/C=C/c2ccccc2)c(O)c1[C@@H]1C[C@@H](c2ccccc2)Oc2c(OC)c(O)cc(OC)c21. The van der Waals surface area contributed by atoms with E-state index in [0.717, 1.165) is 11.1 Å². The molecule has 4 aromatic rings. The molecule has 0 saturated carbocycles. The number of ether oxygens (including phenoxy) is 4. The van der Waals surface area contributed by atoms with Gasteiger partial charge in [0.05, 0.1) is 21.3 Å². The first-order chi connectivity index (χ1) is 19.9. The van der Waals surface area contributed by atoms with Gasteiger partial charge in [0.1, 0.15) is 34.7 Å². The van der Waals surface area contributed by atoms with Gasteiger partial charge in [-0.1, -0.05) is 66.7 Å². The van der Waals surface area contributed by atoms with Crippen LogP contribution in [0.4, 0.5) is 0 Å². The van der Waals surface area contributed by atoms with E-state index >= 15 is 0 Å². The number of phenols is 3. The average Bonchev–Trinajstić information content (AvgIpc) is 2.99. The molecule has 2 atom stereocenters. The Morgan fingerprint density at radius 2 is 1.44 bits per heavy atom. The Hall–Kier alpha value is -5.11. The zero-order chi connectivity index (χ0) is 29.1. The Labute approximate surface area is 237 Å². The molecule has 0 fully saturated rings. The first-order valence-corrected chi connectivity index (χ1v) is 13.0. The molecule has 0 amide bonds. The van der Waals surface area contributed by atoms with Crippen LogP contribution < -0.4 is 18.9 Å². The number of carbonyl (C=O) groups is 1. The maximum atomic E-state index is 13.3. The van der Waals surface area contributed by atoms with Crippen LogP contribution in [0.1, 0.15) is 51.1 Å². The summed E-state index contributed by atoms with van der Waals surface area (Å²) < 4.78 is 23.2. The summed E-state index contributed by atoms with van der Waals surface area (Å²) in [5.41, 5.74) is 2.13. The van der Waals surface area contributed by atoms with Crippen molar-refractivity contribution >= 4 is 11.9 Å². The molecule has 8 heteroatoms. The minimum absolute atomic E-state index is 0.103. The van der Waals surface area contributed by atoms with E-state index in [1.165, 1.54) is 39.5 Å². The quantitative estimate of drug-likeness (QED) is 0.170. The number of hydrogen-bond donors (Lipinski definition) is 3. The second-order valence-corrected chi connectivity index (χ2v) is 9.52. The maximum absolute atomic E-state index is 13.3. The highest BCUT2D eigenvalue weighted by atomic mass is 16.5. The standard InChI is InChI=1S/C33H30O8/c1-38-26-17-23(35)30(22(34)15-14-19-10-6-4-7-11-19)31(37)28(26)21-16-25(20-12-8-5-9-13-20)41-33-29(21)27(39-2)18-24(36)32(33)40-3/h4-15,17-18,21,25,35-37H,16H2,1-3H3/b15-14+/t21-,25-/m0/s1. The summed E-state index contributed by atoms with van der Waals surface area (Å²) in [4.78, 5) is 13.3. The third kappa shape index (κ3) is 5.12. The molecule has 0 unspecified atom stereocenters. The second-order valence-electron chi connectivity index (χ2n) is 9.52. The predicted octanol–water partition coefficient (Wildman–Crippen LogP) is 6.38. The number of ketones is 1. The van der Waals surface area contributed by atoms with Crippen molar-refractivity contribution < 1.29 is 39.1 Å². The highest BCUT2D eigenvalue weighted by molar-refractivity contribution is 6.11. The van der Waals surface area contributed by atoms with Gasteiger partial charge in [-0.15, -0.1) is 0 Å². The largest absolute Gasteiger partial charge is 0.507 e. The summed E-state index contributed by atoms with van der Waals surface area (Å²) in [5.74, 6) is -1.48. The molecule has 1 aliphatic heterocycles. The van der Waals surface area contributed by atoms with Gasteiger partial charge in [0, 0.05) is 35.6 Å². The normalized spacial score (nSPS) is 16.1. The second kappa shape index (κ2) is 11.6. The van der Waals surface area contributed by atoms with Crippen molar-refractivity contribution in [2.75, 3.05) is 21.3 Å². The smallest absolute Gasteiger partial charge is 0.203 e. The molecule has 0 aromatic heterocycles. The molecule has 0 saturated heterocycles. The van der Waals surface area contributed by atoms with E-state index in [1.807, 2.05) is 60.7 Å². The van der Waals surface area contributed by atoms with Crippen molar-refractivity contribution in [1.82, 2.24) is 0 Å². The summed E-state index contributed by atoms with van der Waals surface area (Å²) in [7, 11) is 4.29. The fraction of sp³-hybridized carbons (Fsp3) is 0.182. The van der Waals surface area contributed by atoms with E-state index in [0.29, 0.717) is 17.7 Å². The molecule has 8 nitrogen and oxygen atoms in total. The Kier molecular flexibility index (Phi) is 7.74. The van der Waals surface area contributed by atoms with Gasteiger partial charge in [-0.3, -0.25) is 4.79 Å². The van der Waals surface area contributed by atoms with Gasteiger partial charge in [0.2, 0.25) is 5.75 Å². The first kappa shape index (κ1) is 27.5. The molecule has 0 radical (unpaired) electrons. The summed E-state index contributed by atoms with van der Waals surface area (Å²) in [6, 6.07) is 21.4. The van der Waals surface area contributed by atoms with Crippen molar-refractivity contribution in [2.45, 2.75) is 18.4 Å². The van der Waals surface area contributed by atoms with Gasteiger partial charge < -0.3 is 34.3 Å². The number of phenolic OH excluding ortho intramolecular Hbond substituents is 3. The molecule has 0 aliphatic carbocycles. The van der Waals surface area contributed by atoms with E-state index in [1.54, 1.807) is 6.08 Å². The lowest BCUT2D eigenvalue weighted by molar-refractivity contribution is 0.104. The van der Waals surface area contributed by atoms with Crippen LogP contribution in [0.25, 0.3) is 6.08 Å². The molecule has 1 heterocycles. The molecule has 3 N–H and O–H groups in total. The van der Waals surface area contributed by atoms with Crippen LogP contribution >= 0.6 is 0 Å². The Balaban J connectivity index is 1.72. The van der Waals surface area contributed by atoms with E-state index in [9.17, 15) is 20.1 Å². The number of aromatic hydroxyl groups is 3. The molecule has 5 rings (SSSR count). The van der Waals surface area contributed by atoms with Crippen molar-refractivity contribution in [3.63, 3.8) is 0 Å². The zero-order valence-corrected chi connectivity index (χ0v) is 22.8. The minimum atomic E-state index is -0.659. The molecule has 4 aromatic carbocycles. The van der Waals surface area contributed by atoms with Crippen LogP contribution in [-0.4, -0.2) is 42.4 Å². The Bertz CT molecular complexity index is 1600. The van der Waals surface area contributed by atoms with Gasteiger partial charge in [0.15, 0.2) is 17.3 Å². The van der Waals surface area contributed by atoms with E-state index in [-0.39, 0.29) is 34.1 Å². The van der Waals surface area contributed by atoms with Gasteiger partial charge in [-0.25, -0.2) is 0 Å². The predicted molar refractivity (Wildman–Crippen MR) is 154 cm³/mol. The van der Waals surface area contributed by atoms with Gasteiger partial charge in [-0.05, 0) is 17.2 Å². The third-order valence-corrected chi connectivity index (χ3v) is 7.19. The molecule has 210 valence electrons. The van der Waals surface area contributed by atoms with E-state index in [2.05, 4.69) is 0 Å². The van der Waals surface area contributed by atoms with E-state index < -0.39 is 29.3 Å². The van der Waals surface area contributed by atoms with Crippen molar-refractivity contribution in [3.05, 3.63) is 107 Å². The number of rotatable bonds is 8. The average molecular weight is 555 g/mol. The van der Waals surface area contributed by atoms with Crippen LogP contribution in [0.15, 0.2) is 78.9 Å². The highest BCUT2D eigenvalue weighted by Crippen LogP contribution is 2.58. The number of hydrogen-bond acceptors (Lipinski definition) is 8. The fourth-order valence-electron chi connectivity index (χ4n) is 5.30. The van der Waals surface area contributed by atoms with Crippen LogP contribution in [0.2, 0.25) is 0 Å². The molecular formula is C33H30O8. The molecular weight excluding hydrogens is 524 g/mol. The number of methoxy groups -OCH3 is 3. The summed E-state index contributed by atoms with van der Waals surface area (Å²) in [5, 5.41) is 33.2. The monoisotopic (exact) mass is 554 g/mol. The van der Waals surface area contributed by atoms with Gasteiger partial charge in [0.25, 0.3) is 0 Å². The van der Waals surface area contributed by atoms with Crippen LogP contribution in [0.5, 0.6) is 40.2 Å². The van der Waals surface area contributed by atoms with Gasteiger partial charge >= 0.3 is 0 Å². The first-order valence-electron chi connectivity index (χ1n) is 13.0. The molecule has 0 bridgehead atoms. The van der Waals surface area contributed by atoms with Crippen LogP contribution in [-0.2, 0) is 0 Å². The number of fused-ring (bicyclic) bond motifs is 1. The summed E-state index contributed by atoms with van der Waals surface area (Å²) in [6.07, 6.45) is 2.69. The maximum Gasteiger partial charge on any atom is 0.203 e. The van der Waals surface area contributed by atoms with Crippen molar-refractivity contribution in [1.29, 1.82) is 0 Å². The molecule has 0 spiro atoms. The third-order valence-electron chi connectivity index (χ3n) is 7.19. The van der Waals surface area contributed by atoms with Crippen molar-refractivity contribution in [3.8, 4) is 40.2 Å². The Morgan fingerprint density at radius 1 is 0.829 bits per heavy atom. The lowest BCUT2D eigenvalue weighted by Gasteiger charge is -2.35. The summed E-state index contributed by atoms with van der Waals surface area (Å²) in [6.45, 7) is 0. The van der Waals surface area contributed by atoms with Gasteiger partial charge in [-0.2, -0.15) is 0 Å². The topological polar surface area (TPSA) is 115 Å². The minimum Gasteiger partial charge on any atom is -0.507 e. The highest BCUT2D eigenvalue weighted by Gasteiger charge is 2.40. The van der Waals surface area contributed by atoms with E-state index in [4.69, 9.17) is 18.9 Å². The van der Waals surface area contributed by atoms with Crippen molar-refractivity contribution in [2.24, 2.45) is 0 Å². The Morgan fingerprint density at radius 3 is 2.07 bits per heavy atom. The molecule has 1 aliphatic rings. The van der Waals surface area contributed by atoms with Crippen LogP contribution in [0.3, 0.4) is 0 Å². The number of allylic oxidation sites excluding steroid dienone is 1. The zero-order valence-electron chi connectivity index (χ0n) is 22.8. The lowest BCUT2D eigenvalue weighted by atomic mass is 9.80. The number of benzene rings is 4. The fourth-order valence-corrected chi connectivity index (χ4v) is 5.30. The molecule has 41 heavy (non-hydrogen) atoms. The summed E-state index contributed by atoms with van der Waals surface area (Å²) >= 11 is 0. The number of carbonyl (C=O) groups excluding carboxylic acids is 1. The van der Waals surface area contributed by atoms with Crippen LogP contribution in [0, 0.1) is 0 Å². The lowest BCUT2D eigenvalue weighted by Crippen LogP contribution is -2.22.